The van der Waals surface area contributed by atoms with E-state index in [1.807, 2.05) is 0 Å². The van der Waals surface area contributed by atoms with Crippen LogP contribution >= 0.6 is 0 Å². The molecule has 0 saturated carbocycles. The summed E-state index contributed by atoms with van der Waals surface area (Å²) >= 11 is 0. The largest absolute Gasteiger partial charge is 0.573 e. The van der Waals surface area contributed by atoms with Gasteiger partial charge in [0.2, 0.25) is 5.95 Å². The first-order valence-corrected chi connectivity index (χ1v) is 8.82. The van der Waals surface area contributed by atoms with Gasteiger partial charge < -0.3 is 15.0 Å². The molecule has 0 aliphatic heterocycles. The van der Waals surface area contributed by atoms with E-state index in [2.05, 4.69) is 20.0 Å². The maximum atomic E-state index is 14.2. The second kappa shape index (κ2) is 8.33. The first kappa shape index (κ1) is 23.2. The van der Waals surface area contributed by atoms with Crippen molar-refractivity contribution in [2.75, 3.05) is 19.0 Å². The molecule has 1 amide bonds. The third kappa shape index (κ3) is 5.94. The Labute approximate surface area is 170 Å². The highest BCUT2D eigenvalue weighted by Gasteiger charge is 2.34. The Morgan fingerprint density at radius 3 is 2.33 bits per heavy atom. The standard InChI is InChI=1S/C19H22F4N4O3/c1-18(2,3)15(10-6-7-13(11(20)8-10)30-19(21,22)23)26-16(29)12-9-14(28)25-17(24-12)27(4)5/h6-9,15H,1-5H3,(H,26,29)(H,24,25,28)/t15-/m0/s1. The van der Waals surface area contributed by atoms with Crippen molar-refractivity contribution in [2.45, 2.75) is 33.2 Å². The summed E-state index contributed by atoms with van der Waals surface area (Å²) in [5, 5.41) is 2.68. The molecule has 0 aliphatic carbocycles. The van der Waals surface area contributed by atoms with E-state index in [4.69, 9.17) is 0 Å². The Hall–Kier alpha value is -3.11. The number of anilines is 1. The summed E-state index contributed by atoms with van der Waals surface area (Å²) in [4.78, 5) is 32.6. The molecule has 11 heteroatoms. The number of alkyl halides is 3. The molecule has 1 aromatic heterocycles. The van der Waals surface area contributed by atoms with Crippen molar-refractivity contribution in [3.8, 4) is 5.75 Å². The Morgan fingerprint density at radius 2 is 1.83 bits per heavy atom. The van der Waals surface area contributed by atoms with Gasteiger partial charge in [-0.2, -0.15) is 0 Å². The molecular formula is C19H22F4N4O3. The molecule has 2 aromatic rings. The molecule has 30 heavy (non-hydrogen) atoms. The lowest BCUT2D eigenvalue weighted by Gasteiger charge is -2.32. The molecule has 1 heterocycles. The number of halogens is 4. The van der Waals surface area contributed by atoms with Crippen LogP contribution in [0.1, 0.15) is 42.9 Å². The van der Waals surface area contributed by atoms with Gasteiger partial charge in [-0.15, -0.1) is 13.2 Å². The lowest BCUT2D eigenvalue weighted by molar-refractivity contribution is -0.275. The average Bonchev–Trinajstić information content (AvgIpc) is 2.58. The van der Waals surface area contributed by atoms with Crippen LogP contribution in [0.5, 0.6) is 5.75 Å². The van der Waals surface area contributed by atoms with Gasteiger partial charge in [-0.3, -0.25) is 14.6 Å². The average molecular weight is 430 g/mol. The van der Waals surface area contributed by atoms with Crippen molar-refractivity contribution in [1.82, 2.24) is 15.3 Å². The molecule has 0 aliphatic rings. The molecule has 0 unspecified atom stereocenters. The number of ether oxygens (including phenoxy) is 1. The van der Waals surface area contributed by atoms with Crippen molar-refractivity contribution in [2.24, 2.45) is 5.41 Å². The number of nitrogens with one attached hydrogen (secondary N) is 2. The Morgan fingerprint density at radius 1 is 1.20 bits per heavy atom. The van der Waals surface area contributed by atoms with Crippen LogP contribution in [0.2, 0.25) is 0 Å². The number of aromatic nitrogens is 2. The summed E-state index contributed by atoms with van der Waals surface area (Å²) in [5.41, 5.74) is -1.12. The minimum absolute atomic E-state index is 0.158. The third-order valence-corrected chi connectivity index (χ3v) is 4.04. The molecule has 0 fully saturated rings. The van der Waals surface area contributed by atoms with Gasteiger partial charge in [-0.1, -0.05) is 26.8 Å². The lowest BCUT2D eigenvalue weighted by atomic mass is 9.82. The van der Waals surface area contributed by atoms with Crippen molar-refractivity contribution in [3.63, 3.8) is 0 Å². The van der Waals surface area contributed by atoms with E-state index in [1.54, 1.807) is 34.9 Å². The molecule has 7 nitrogen and oxygen atoms in total. The molecule has 1 atom stereocenters. The number of benzene rings is 1. The molecule has 2 rings (SSSR count). The van der Waals surface area contributed by atoms with Gasteiger partial charge in [0.05, 0.1) is 6.04 Å². The summed E-state index contributed by atoms with van der Waals surface area (Å²) < 4.78 is 54.9. The third-order valence-electron chi connectivity index (χ3n) is 4.04. The highest BCUT2D eigenvalue weighted by molar-refractivity contribution is 5.92. The van der Waals surface area contributed by atoms with E-state index in [1.165, 1.54) is 11.0 Å². The van der Waals surface area contributed by atoms with Crippen LogP contribution in [-0.2, 0) is 0 Å². The van der Waals surface area contributed by atoms with E-state index in [0.717, 1.165) is 18.2 Å². The van der Waals surface area contributed by atoms with Gasteiger partial charge in [0.1, 0.15) is 5.69 Å². The van der Waals surface area contributed by atoms with Gasteiger partial charge in [0, 0.05) is 20.2 Å². The second-order valence-electron chi connectivity index (χ2n) is 7.86. The van der Waals surface area contributed by atoms with E-state index in [9.17, 15) is 27.2 Å². The van der Waals surface area contributed by atoms with E-state index in [-0.39, 0.29) is 17.2 Å². The SMILES string of the molecule is CN(C)c1nc(C(=O)N[C@@H](c2ccc(OC(F)(F)F)c(F)c2)C(C)(C)C)cc(=O)[nH]1. The number of H-pyrrole nitrogens is 1. The lowest BCUT2D eigenvalue weighted by Crippen LogP contribution is -2.37. The first-order chi connectivity index (χ1) is 13.7. The summed E-state index contributed by atoms with van der Waals surface area (Å²) in [6.45, 7) is 5.27. The molecule has 0 saturated heterocycles. The molecule has 1 aromatic carbocycles. The quantitative estimate of drug-likeness (QED) is 0.710. The molecule has 0 spiro atoms. The summed E-state index contributed by atoms with van der Waals surface area (Å²) in [7, 11) is 3.26. The summed E-state index contributed by atoms with van der Waals surface area (Å²) in [6, 6.07) is 3.16. The maximum absolute atomic E-state index is 14.2. The number of carbonyl (C=O) groups is 1. The van der Waals surface area contributed by atoms with Crippen LogP contribution in [0, 0.1) is 11.2 Å². The van der Waals surface area contributed by atoms with Crippen LogP contribution in [0.15, 0.2) is 29.1 Å². The van der Waals surface area contributed by atoms with Crippen molar-refractivity contribution in [1.29, 1.82) is 0 Å². The normalized spacial score (nSPS) is 13.0. The summed E-state index contributed by atoms with van der Waals surface area (Å²) in [6.07, 6.45) is -5.03. The zero-order valence-electron chi connectivity index (χ0n) is 17.0. The van der Waals surface area contributed by atoms with Crippen molar-refractivity contribution in [3.05, 3.63) is 51.7 Å². The smallest absolute Gasteiger partial charge is 0.403 e. The molecular weight excluding hydrogens is 408 g/mol. The number of amides is 1. The summed E-state index contributed by atoms with van der Waals surface area (Å²) in [5.74, 6) is -2.73. The van der Waals surface area contributed by atoms with Crippen LogP contribution < -0.4 is 20.5 Å². The first-order valence-electron chi connectivity index (χ1n) is 8.82. The zero-order chi connectivity index (χ0) is 22.9. The fraction of sp³-hybridized carbons (Fsp3) is 0.421. The van der Waals surface area contributed by atoms with E-state index in [0.29, 0.717) is 0 Å². The van der Waals surface area contributed by atoms with Gasteiger partial charge in [-0.05, 0) is 23.1 Å². The number of carbonyl (C=O) groups excluding carboxylic acids is 1. The zero-order valence-corrected chi connectivity index (χ0v) is 17.0. The number of aromatic amines is 1. The van der Waals surface area contributed by atoms with Crippen LogP contribution in [0.3, 0.4) is 0 Å². The van der Waals surface area contributed by atoms with Crippen LogP contribution in [-0.4, -0.2) is 36.3 Å². The van der Waals surface area contributed by atoms with Crippen molar-refractivity contribution < 1.29 is 27.1 Å². The predicted molar refractivity (Wildman–Crippen MR) is 102 cm³/mol. The number of hydrogen-bond donors (Lipinski definition) is 2. The minimum Gasteiger partial charge on any atom is -0.403 e. The van der Waals surface area contributed by atoms with Gasteiger partial charge in [0.25, 0.3) is 11.5 Å². The van der Waals surface area contributed by atoms with Gasteiger partial charge in [0.15, 0.2) is 11.6 Å². The Bertz CT molecular complexity index is 981. The molecule has 0 radical (unpaired) electrons. The topological polar surface area (TPSA) is 87.3 Å². The van der Waals surface area contributed by atoms with E-state index >= 15 is 0 Å². The van der Waals surface area contributed by atoms with Crippen molar-refractivity contribution >= 4 is 11.9 Å². The van der Waals surface area contributed by atoms with Gasteiger partial charge in [-0.25, -0.2) is 9.37 Å². The van der Waals surface area contributed by atoms with Crippen LogP contribution in [0.25, 0.3) is 0 Å². The monoisotopic (exact) mass is 430 g/mol. The highest BCUT2D eigenvalue weighted by atomic mass is 19.4. The maximum Gasteiger partial charge on any atom is 0.573 e. The molecule has 2 N–H and O–H groups in total. The van der Waals surface area contributed by atoms with E-state index < -0.39 is 40.9 Å². The Balaban J connectivity index is 2.37. The molecule has 164 valence electrons. The predicted octanol–water partition coefficient (Wildman–Crippen LogP) is 3.39. The number of rotatable bonds is 5. The fourth-order valence-electron chi connectivity index (χ4n) is 2.68. The van der Waals surface area contributed by atoms with Gasteiger partial charge >= 0.3 is 6.36 Å². The second-order valence-corrected chi connectivity index (χ2v) is 7.86. The van der Waals surface area contributed by atoms with Crippen LogP contribution in [0.4, 0.5) is 23.5 Å². The Kier molecular flexibility index (Phi) is 6.43. The number of hydrogen-bond acceptors (Lipinski definition) is 5. The minimum atomic E-state index is -5.03. The molecule has 0 bridgehead atoms. The highest BCUT2D eigenvalue weighted by Crippen LogP contribution is 2.35. The fourth-order valence-corrected chi connectivity index (χ4v) is 2.68. The number of nitrogens with zero attached hydrogens (tertiary/aromatic N) is 2.